The predicted molar refractivity (Wildman–Crippen MR) is 107 cm³/mol. The predicted octanol–water partition coefficient (Wildman–Crippen LogP) is 3.90. The van der Waals surface area contributed by atoms with Crippen molar-refractivity contribution >= 4 is 27.9 Å². The fraction of sp³-hybridized carbons (Fsp3) is 0.286. The van der Waals surface area contributed by atoms with Crippen LogP contribution in [0.4, 0.5) is 11.5 Å². The molecule has 1 aromatic carbocycles. The zero-order chi connectivity index (χ0) is 18.5. The third kappa shape index (κ3) is 2.60. The molecule has 0 saturated heterocycles. The van der Waals surface area contributed by atoms with Crippen LogP contribution >= 0.6 is 0 Å². The minimum absolute atomic E-state index is 0.0393. The number of aromatic nitrogens is 4. The van der Waals surface area contributed by atoms with E-state index in [1.54, 1.807) is 17.8 Å². The maximum Gasteiger partial charge on any atom is 0.253 e. The van der Waals surface area contributed by atoms with Gasteiger partial charge in [-0.2, -0.15) is 5.10 Å². The lowest BCUT2D eigenvalue weighted by Crippen LogP contribution is -2.19. The lowest BCUT2D eigenvalue weighted by molar-refractivity contribution is 0.409. The normalized spacial score (nSPS) is 14.6. The molecule has 1 aliphatic carbocycles. The molecule has 27 heavy (non-hydrogen) atoms. The smallest absolute Gasteiger partial charge is 0.253 e. The first-order chi connectivity index (χ1) is 13.1. The average Bonchev–Trinajstić information content (AvgIpc) is 3.02. The summed E-state index contributed by atoms with van der Waals surface area (Å²) >= 11 is 0. The molecular weight excluding hydrogens is 338 g/mol. The molecule has 3 aromatic heterocycles. The number of anilines is 2. The second kappa shape index (κ2) is 5.94. The molecule has 6 heteroatoms. The van der Waals surface area contributed by atoms with Gasteiger partial charge in [-0.15, -0.1) is 0 Å². The van der Waals surface area contributed by atoms with Crippen LogP contribution in [-0.4, -0.2) is 19.2 Å². The maximum absolute atomic E-state index is 12.1. The highest BCUT2D eigenvalue weighted by molar-refractivity contribution is 5.85. The highest BCUT2D eigenvalue weighted by Crippen LogP contribution is 2.36. The number of benzene rings is 1. The zero-order valence-electron chi connectivity index (χ0n) is 15.4. The summed E-state index contributed by atoms with van der Waals surface area (Å²) in [7, 11) is 1.81. The summed E-state index contributed by atoms with van der Waals surface area (Å²) in [6, 6.07) is 10.1. The van der Waals surface area contributed by atoms with Crippen molar-refractivity contribution in [3.63, 3.8) is 0 Å². The number of fused-ring (bicyclic) bond motifs is 2. The van der Waals surface area contributed by atoms with Crippen LogP contribution in [0.15, 0.2) is 47.5 Å². The SMILES string of the molecule is Cc1cc2cc(Nc3nccn4nc(C5CCC5)cc34)ccc2n(C)c1=O. The summed E-state index contributed by atoms with van der Waals surface area (Å²) in [5, 5.41) is 9.16. The third-order valence-electron chi connectivity index (χ3n) is 5.60. The van der Waals surface area contributed by atoms with Gasteiger partial charge in [-0.25, -0.2) is 9.50 Å². The van der Waals surface area contributed by atoms with Gasteiger partial charge < -0.3 is 9.88 Å². The van der Waals surface area contributed by atoms with Crippen molar-refractivity contribution in [2.45, 2.75) is 32.1 Å². The fourth-order valence-electron chi connectivity index (χ4n) is 3.80. The van der Waals surface area contributed by atoms with Gasteiger partial charge in [0.1, 0.15) is 5.52 Å². The van der Waals surface area contributed by atoms with Crippen LogP contribution in [0.25, 0.3) is 16.4 Å². The van der Waals surface area contributed by atoms with Gasteiger partial charge in [0.25, 0.3) is 5.56 Å². The fourth-order valence-corrected chi connectivity index (χ4v) is 3.80. The lowest BCUT2D eigenvalue weighted by atomic mass is 9.83. The quantitative estimate of drug-likeness (QED) is 0.602. The van der Waals surface area contributed by atoms with Crippen LogP contribution in [0, 0.1) is 6.92 Å². The first-order valence-electron chi connectivity index (χ1n) is 9.32. The molecule has 0 aliphatic heterocycles. The molecule has 0 spiro atoms. The number of pyridine rings is 1. The zero-order valence-corrected chi connectivity index (χ0v) is 15.4. The van der Waals surface area contributed by atoms with Crippen molar-refractivity contribution in [3.05, 3.63) is 64.3 Å². The maximum atomic E-state index is 12.1. The molecule has 1 N–H and O–H groups in total. The van der Waals surface area contributed by atoms with E-state index in [0.717, 1.165) is 39.2 Å². The molecule has 1 aliphatic rings. The van der Waals surface area contributed by atoms with Crippen molar-refractivity contribution in [3.8, 4) is 0 Å². The summed E-state index contributed by atoms with van der Waals surface area (Å²) in [6.07, 6.45) is 7.40. The Balaban J connectivity index is 1.55. The first kappa shape index (κ1) is 16.1. The third-order valence-corrected chi connectivity index (χ3v) is 5.60. The van der Waals surface area contributed by atoms with Gasteiger partial charge in [-0.1, -0.05) is 6.42 Å². The van der Waals surface area contributed by atoms with E-state index >= 15 is 0 Å². The molecular formula is C21H21N5O. The number of rotatable bonds is 3. The van der Waals surface area contributed by atoms with Crippen LogP contribution in [0.1, 0.15) is 36.4 Å². The van der Waals surface area contributed by atoms with E-state index in [2.05, 4.69) is 22.4 Å². The average molecular weight is 359 g/mol. The molecule has 0 amide bonds. The van der Waals surface area contributed by atoms with E-state index in [4.69, 9.17) is 5.10 Å². The van der Waals surface area contributed by atoms with Gasteiger partial charge in [-0.3, -0.25) is 4.79 Å². The molecule has 0 atom stereocenters. The topological polar surface area (TPSA) is 64.2 Å². The van der Waals surface area contributed by atoms with Crippen LogP contribution in [-0.2, 0) is 7.05 Å². The Morgan fingerprint density at radius 3 is 2.78 bits per heavy atom. The van der Waals surface area contributed by atoms with Crippen LogP contribution < -0.4 is 10.9 Å². The molecule has 0 radical (unpaired) electrons. The Morgan fingerprint density at radius 2 is 2.00 bits per heavy atom. The molecule has 1 fully saturated rings. The molecule has 3 heterocycles. The van der Waals surface area contributed by atoms with Crippen molar-refractivity contribution in [1.29, 1.82) is 0 Å². The minimum atomic E-state index is 0.0393. The number of aryl methyl sites for hydroxylation is 2. The van der Waals surface area contributed by atoms with E-state index < -0.39 is 0 Å². The Labute approximate surface area is 156 Å². The van der Waals surface area contributed by atoms with Gasteiger partial charge in [0.2, 0.25) is 0 Å². The van der Waals surface area contributed by atoms with Crippen molar-refractivity contribution < 1.29 is 0 Å². The van der Waals surface area contributed by atoms with Gasteiger partial charge in [0.05, 0.1) is 11.2 Å². The number of nitrogens with zero attached hydrogens (tertiary/aromatic N) is 4. The second-order valence-corrected chi connectivity index (χ2v) is 7.39. The van der Waals surface area contributed by atoms with Crippen LogP contribution in [0.3, 0.4) is 0 Å². The van der Waals surface area contributed by atoms with E-state index in [1.807, 2.05) is 35.8 Å². The van der Waals surface area contributed by atoms with Crippen molar-refractivity contribution in [2.24, 2.45) is 7.05 Å². The van der Waals surface area contributed by atoms with E-state index in [9.17, 15) is 4.79 Å². The van der Waals surface area contributed by atoms with Gasteiger partial charge in [-0.05, 0) is 50.1 Å². The lowest BCUT2D eigenvalue weighted by Gasteiger charge is -2.22. The Hall–Kier alpha value is -3.15. The highest BCUT2D eigenvalue weighted by atomic mass is 16.1. The standard InChI is InChI=1S/C21H21N5O/c1-13-10-15-11-16(6-7-18(15)25(2)21(13)27)23-20-19-12-17(14-4-3-5-14)24-26(19)9-8-22-20/h6-12,14H,3-5H2,1-2H3,(H,22,23). The molecule has 136 valence electrons. The molecule has 0 bridgehead atoms. The Morgan fingerprint density at radius 1 is 1.15 bits per heavy atom. The summed E-state index contributed by atoms with van der Waals surface area (Å²) in [5.41, 5.74) is 4.77. The minimum Gasteiger partial charge on any atom is -0.338 e. The van der Waals surface area contributed by atoms with Gasteiger partial charge in [0.15, 0.2) is 5.82 Å². The molecule has 4 aromatic rings. The van der Waals surface area contributed by atoms with Crippen molar-refractivity contribution in [1.82, 2.24) is 19.2 Å². The number of hydrogen-bond donors (Lipinski definition) is 1. The van der Waals surface area contributed by atoms with E-state index in [0.29, 0.717) is 5.92 Å². The molecule has 6 nitrogen and oxygen atoms in total. The van der Waals surface area contributed by atoms with Gasteiger partial charge >= 0.3 is 0 Å². The monoisotopic (exact) mass is 359 g/mol. The van der Waals surface area contributed by atoms with Gasteiger partial charge in [0, 0.05) is 42.0 Å². The van der Waals surface area contributed by atoms with Crippen LogP contribution in [0.5, 0.6) is 0 Å². The molecule has 0 unspecified atom stereocenters. The van der Waals surface area contributed by atoms with Crippen molar-refractivity contribution in [2.75, 3.05) is 5.32 Å². The van der Waals surface area contributed by atoms with E-state index in [-0.39, 0.29) is 5.56 Å². The Kier molecular flexibility index (Phi) is 3.53. The summed E-state index contributed by atoms with van der Waals surface area (Å²) in [5.74, 6) is 1.37. The number of hydrogen-bond acceptors (Lipinski definition) is 4. The van der Waals surface area contributed by atoms with E-state index in [1.165, 1.54) is 19.3 Å². The highest BCUT2D eigenvalue weighted by Gasteiger charge is 2.23. The molecule has 1 saturated carbocycles. The first-order valence-corrected chi connectivity index (χ1v) is 9.32. The summed E-state index contributed by atoms with van der Waals surface area (Å²) in [4.78, 5) is 16.6. The number of nitrogens with one attached hydrogen (secondary N) is 1. The summed E-state index contributed by atoms with van der Waals surface area (Å²) in [6.45, 7) is 1.85. The molecule has 5 rings (SSSR count). The summed E-state index contributed by atoms with van der Waals surface area (Å²) < 4.78 is 3.59. The largest absolute Gasteiger partial charge is 0.338 e. The second-order valence-electron chi connectivity index (χ2n) is 7.39. The Bertz CT molecular complexity index is 1230. The van der Waals surface area contributed by atoms with Crippen LogP contribution in [0.2, 0.25) is 0 Å².